The van der Waals surface area contributed by atoms with Gasteiger partial charge in [-0.05, 0) is 41.9 Å². The van der Waals surface area contributed by atoms with E-state index in [1.807, 2.05) is 38.1 Å². The van der Waals surface area contributed by atoms with Crippen molar-refractivity contribution in [3.8, 4) is 0 Å². The van der Waals surface area contributed by atoms with Crippen LogP contribution in [0.15, 0.2) is 28.7 Å². The molecule has 1 atom stereocenters. The summed E-state index contributed by atoms with van der Waals surface area (Å²) in [7, 11) is 0. The number of nitrogens with one attached hydrogen (secondary N) is 1. The van der Waals surface area contributed by atoms with Crippen molar-refractivity contribution in [1.82, 2.24) is 5.32 Å². The number of aliphatic hydroxyl groups is 1. The van der Waals surface area contributed by atoms with Crippen LogP contribution in [-0.4, -0.2) is 35.7 Å². The van der Waals surface area contributed by atoms with Crippen molar-refractivity contribution < 1.29 is 9.90 Å². The number of para-hydroxylation sites is 1. The molecule has 1 aliphatic heterocycles. The van der Waals surface area contributed by atoms with E-state index in [9.17, 15) is 9.90 Å². The van der Waals surface area contributed by atoms with Gasteiger partial charge in [0.25, 0.3) is 0 Å². The zero-order chi connectivity index (χ0) is 13.3. The molecule has 0 aromatic heterocycles. The number of benzene rings is 1. The zero-order valence-corrected chi connectivity index (χ0v) is 12.1. The molecule has 0 spiro atoms. The second-order valence-electron chi connectivity index (χ2n) is 5.14. The number of anilines is 1. The molecule has 0 aliphatic carbocycles. The van der Waals surface area contributed by atoms with Crippen LogP contribution >= 0.6 is 15.9 Å². The highest BCUT2D eigenvalue weighted by molar-refractivity contribution is 9.10. The Morgan fingerprint density at radius 2 is 2.17 bits per heavy atom. The van der Waals surface area contributed by atoms with Gasteiger partial charge in [-0.2, -0.15) is 0 Å². The number of carbonyl (C=O) groups is 1. The largest absolute Gasteiger partial charge is 0.394 e. The number of aliphatic hydroxyl groups excluding tert-OH is 1. The second-order valence-corrected chi connectivity index (χ2v) is 5.99. The van der Waals surface area contributed by atoms with E-state index in [1.165, 1.54) is 0 Å². The molecule has 1 amide bonds. The first-order valence-corrected chi connectivity index (χ1v) is 6.68. The van der Waals surface area contributed by atoms with Gasteiger partial charge in [-0.1, -0.05) is 12.1 Å². The molecule has 98 valence electrons. The van der Waals surface area contributed by atoms with Gasteiger partial charge in [-0.3, -0.25) is 10.1 Å². The first kappa shape index (κ1) is 13.5. The fraction of sp³-hybridized carbons (Fsp3) is 0.462. The lowest BCUT2D eigenvalue weighted by Gasteiger charge is -2.42. The molecule has 1 unspecified atom stereocenters. The van der Waals surface area contributed by atoms with E-state index < -0.39 is 6.04 Å². The SMILES string of the molecule is CC1(C)CN(c2ccccc2Br)C(=O)C(CO)N1. The highest BCUT2D eigenvalue weighted by atomic mass is 79.9. The van der Waals surface area contributed by atoms with Gasteiger partial charge >= 0.3 is 0 Å². The Balaban J connectivity index is 2.37. The van der Waals surface area contributed by atoms with Crippen LogP contribution in [0.2, 0.25) is 0 Å². The molecule has 2 rings (SSSR count). The van der Waals surface area contributed by atoms with Gasteiger partial charge in [0.2, 0.25) is 5.91 Å². The number of hydrogen-bond donors (Lipinski definition) is 2. The lowest BCUT2D eigenvalue weighted by molar-refractivity contribution is -0.124. The molecule has 18 heavy (non-hydrogen) atoms. The van der Waals surface area contributed by atoms with Crippen molar-refractivity contribution in [3.63, 3.8) is 0 Å². The van der Waals surface area contributed by atoms with Crippen molar-refractivity contribution in [2.75, 3.05) is 18.1 Å². The number of amides is 1. The van der Waals surface area contributed by atoms with Crippen LogP contribution in [0.25, 0.3) is 0 Å². The third-order valence-electron chi connectivity index (χ3n) is 3.01. The molecule has 1 aliphatic rings. The van der Waals surface area contributed by atoms with Crippen molar-refractivity contribution in [3.05, 3.63) is 28.7 Å². The molecule has 1 aromatic rings. The van der Waals surface area contributed by atoms with Gasteiger partial charge < -0.3 is 10.0 Å². The summed E-state index contributed by atoms with van der Waals surface area (Å²) < 4.78 is 0.882. The van der Waals surface area contributed by atoms with Crippen LogP contribution < -0.4 is 10.2 Å². The molecule has 1 saturated heterocycles. The van der Waals surface area contributed by atoms with E-state index in [2.05, 4.69) is 21.2 Å². The standard InChI is InChI=1S/C13H17BrN2O2/c1-13(2)8-16(12(18)10(7-17)15-13)11-6-4-3-5-9(11)14/h3-6,10,15,17H,7-8H2,1-2H3. The maximum atomic E-state index is 12.3. The minimum absolute atomic E-state index is 0.0938. The molecule has 4 nitrogen and oxygen atoms in total. The van der Waals surface area contributed by atoms with Crippen LogP contribution in [0.4, 0.5) is 5.69 Å². The van der Waals surface area contributed by atoms with Crippen molar-refractivity contribution in [2.45, 2.75) is 25.4 Å². The predicted molar refractivity (Wildman–Crippen MR) is 74.6 cm³/mol. The summed E-state index contributed by atoms with van der Waals surface area (Å²) >= 11 is 3.46. The minimum atomic E-state index is -0.541. The Kier molecular flexibility index (Phi) is 3.75. The first-order chi connectivity index (χ1) is 8.44. The summed E-state index contributed by atoms with van der Waals surface area (Å²) in [5.74, 6) is -0.0938. The molecule has 2 N–H and O–H groups in total. The summed E-state index contributed by atoms with van der Waals surface area (Å²) in [6, 6.07) is 7.08. The van der Waals surface area contributed by atoms with Crippen LogP contribution in [0.3, 0.4) is 0 Å². The first-order valence-electron chi connectivity index (χ1n) is 5.89. The van der Waals surface area contributed by atoms with Gasteiger partial charge in [0.1, 0.15) is 6.04 Å². The Morgan fingerprint density at radius 3 is 2.78 bits per heavy atom. The van der Waals surface area contributed by atoms with E-state index >= 15 is 0 Å². The number of nitrogens with zero attached hydrogens (tertiary/aromatic N) is 1. The van der Waals surface area contributed by atoms with Gasteiger partial charge in [-0.25, -0.2) is 0 Å². The fourth-order valence-corrected chi connectivity index (χ4v) is 2.74. The molecule has 5 heteroatoms. The molecular formula is C13H17BrN2O2. The fourth-order valence-electron chi connectivity index (χ4n) is 2.24. The van der Waals surface area contributed by atoms with E-state index in [-0.39, 0.29) is 18.1 Å². The van der Waals surface area contributed by atoms with Crippen molar-refractivity contribution in [1.29, 1.82) is 0 Å². The van der Waals surface area contributed by atoms with E-state index in [1.54, 1.807) is 4.90 Å². The highest BCUT2D eigenvalue weighted by Gasteiger charge is 2.38. The minimum Gasteiger partial charge on any atom is -0.394 e. The highest BCUT2D eigenvalue weighted by Crippen LogP contribution is 2.29. The van der Waals surface area contributed by atoms with Crippen molar-refractivity contribution in [2.24, 2.45) is 0 Å². The zero-order valence-electron chi connectivity index (χ0n) is 10.5. The van der Waals surface area contributed by atoms with Gasteiger partial charge in [0, 0.05) is 16.6 Å². The Morgan fingerprint density at radius 1 is 1.50 bits per heavy atom. The summed E-state index contributed by atoms with van der Waals surface area (Å²) in [5.41, 5.74) is 0.617. The lowest BCUT2D eigenvalue weighted by Crippen LogP contribution is -2.66. The number of piperazine rings is 1. The van der Waals surface area contributed by atoms with Crippen LogP contribution in [0.5, 0.6) is 0 Å². The Hall–Kier alpha value is -0.910. The van der Waals surface area contributed by atoms with Crippen LogP contribution in [0.1, 0.15) is 13.8 Å². The smallest absolute Gasteiger partial charge is 0.246 e. The number of rotatable bonds is 2. The van der Waals surface area contributed by atoms with Crippen LogP contribution in [0, 0.1) is 0 Å². The number of halogens is 1. The lowest BCUT2D eigenvalue weighted by atomic mass is 9.97. The molecule has 1 heterocycles. The summed E-state index contributed by atoms with van der Waals surface area (Å²) in [5, 5.41) is 12.5. The van der Waals surface area contributed by atoms with Gasteiger partial charge in [0.05, 0.1) is 12.3 Å². The molecular weight excluding hydrogens is 296 g/mol. The molecule has 0 bridgehead atoms. The van der Waals surface area contributed by atoms with Crippen LogP contribution in [-0.2, 0) is 4.79 Å². The maximum Gasteiger partial charge on any atom is 0.246 e. The van der Waals surface area contributed by atoms with E-state index in [0.717, 1.165) is 10.2 Å². The average molecular weight is 313 g/mol. The predicted octanol–water partition coefficient (Wildman–Crippen LogP) is 1.52. The number of hydrogen-bond acceptors (Lipinski definition) is 3. The summed E-state index contributed by atoms with van der Waals surface area (Å²) in [6.45, 7) is 4.42. The van der Waals surface area contributed by atoms with E-state index in [0.29, 0.717) is 6.54 Å². The normalized spacial score (nSPS) is 23.2. The summed E-state index contributed by atoms with van der Waals surface area (Å²) in [4.78, 5) is 14.0. The monoisotopic (exact) mass is 312 g/mol. The molecule has 1 aromatic carbocycles. The van der Waals surface area contributed by atoms with E-state index in [4.69, 9.17) is 0 Å². The quantitative estimate of drug-likeness (QED) is 0.870. The van der Waals surface area contributed by atoms with Gasteiger partial charge in [0.15, 0.2) is 0 Å². The van der Waals surface area contributed by atoms with Gasteiger partial charge in [-0.15, -0.1) is 0 Å². The third-order valence-corrected chi connectivity index (χ3v) is 3.68. The molecule has 1 fully saturated rings. The van der Waals surface area contributed by atoms with Crippen molar-refractivity contribution >= 4 is 27.5 Å². The second kappa shape index (κ2) is 4.99. The Labute approximate surface area is 115 Å². The topological polar surface area (TPSA) is 52.6 Å². The number of carbonyl (C=O) groups excluding carboxylic acids is 1. The summed E-state index contributed by atoms with van der Waals surface area (Å²) in [6.07, 6.45) is 0. The maximum absolute atomic E-state index is 12.3. The Bertz CT molecular complexity index is 462. The third kappa shape index (κ3) is 2.58. The average Bonchev–Trinajstić information content (AvgIpc) is 2.32. The molecule has 0 radical (unpaired) electrons. The molecule has 0 saturated carbocycles.